The highest BCUT2D eigenvalue weighted by Gasteiger charge is 2.08. The van der Waals surface area contributed by atoms with Gasteiger partial charge in [0.1, 0.15) is 5.03 Å². The van der Waals surface area contributed by atoms with Crippen LogP contribution < -0.4 is 5.32 Å². The molecule has 1 aromatic carbocycles. The third-order valence-corrected chi connectivity index (χ3v) is 1.78. The molecule has 0 unspecified atom stereocenters. The van der Waals surface area contributed by atoms with E-state index in [9.17, 15) is 9.59 Å². The highest BCUT2D eigenvalue weighted by molar-refractivity contribution is 6.44. The van der Waals surface area contributed by atoms with Crippen molar-refractivity contribution in [1.82, 2.24) is 0 Å². The summed E-state index contributed by atoms with van der Waals surface area (Å²) in [6.07, 6.45) is 0.639. The smallest absolute Gasteiger partial charge is 0.330 e. The molecule has 0 atom stereocenters. The first-order chi connectivity index (χ1) is 7.09. The van der Waals surface area contributed by atoms with Gasteiger partial charge in [-0.2, -0.15) is 0 Å². The molecular formula is C10H8ClNO3. The molecule has 0 aromatic heterocycles. The van der Waals surface area contributed by atoms with Gasteiger partial charge >= 0.3 is 5.97 Å². The second-order valence-corrected chi connectivity index (χ2v) is 3.06. The standard InChI is InChI=1S/C10H8ClNO3/c11-8(6-9(13)14)10(15)12-7-4-2-1-3-5-7/h1-6H,(H,12,15)(H,13,14)/b8-6+. The Bertz CT molecular complexity index is 400. The molecule has 0 aliphatic rings. The summed E-state index contributed by atoms with van der Waals surface area (Å²) in [7, 11) is 0. The molecule has 4 nitrogen and oxygen atoms in total. The second-order valence-electron chi connectivity index (χ2n) is 2.65. The van der Waals surface area contributed by atoms with Crippen molar-refractivity contribution in [3.63, 3.8) is 0 Å². The first kappa shape index (κ1) is 11.3. The Labute approximate surface area is 91.2 Å². The fourth-order valence-electron chi connectivity index (χ4n) is 0.886. The van der Waals surface area contributed by atoms with E-state index in [0.717, 1.165) is 0 Å². The van der Waals surface area contributed by atoms with Crippen LogP contribution in [0.2, 0.25) is 0 Å². The summed E-state index contributed by atoms with van der Waals surface area (Å²) >= 11 is 5.44. The topological polar surface area (TPSA) is 66.4 Å². The number of carbonyl (C=O) groups excluding carboxylic acids is 1. The molecule has 0 fully saturated rings. The van der Waals surface area contributed by atoms with Crippen LogP contribution in [0.1, 0.15) is 0 Å². The van der Waals surface area contributed by atoms with E-state index in [0.29, 0.717) is 11.8 Å². The molecule has 1 amide bonds. The normalized spacial score (nSPS) is 10.9. The van der Waals surface area contributed by atoms with E-state index < -0.39 is 11.9 Å². The minimum atomic E-state index is -1.26. The number of para-hydroxylation sites is 1. The number of carboxylic acids is 1. The minimum absolute atomic E-state index is 0.369. The van der Waals surface area contributed by atoms with Gasteiger partial charge in [0, 0.05) is 11.8 Å². The number of nitrogens with one attached hydrogen (secondary N) is 1. The van der Waals surface area contributed by atoms with E-state index in [1.54, 1.807) is 30.3 Å². The summed E-state index contributed by atoms with van der Waals surface area (Å²) in [5.74, 6) is -1.91. The molecule has 0 heterocycles. The van der Waals surface area contributed by atoms with Crippen LogP contribution in [0, 0.1) is 0 Å². The molecule has 0 saturated carbocycles. The molecule has 15 heavy (non-hydrogen) atoms. The van der Waals surface area contributed by atoms with E-state index in [1.165, 1.54) is 0 Å². The largest absolute Gasteiger partial charge is 0.478 e. The molecule has 0 radical (unpaired) electrons. The number of hydrogen-bond donors (Lipinski definition) is 2. The van der Waals surface area contributed by atoms with Gasteiger partial charge in [0.2, 0.25) is 0 Å². The number of rotatable bonds is 3. The molecular weight excluding hydrogens is 218 g/mol. The maximum Gasteiger partial charge on any atom is 0.330 e. The Hall–Kier alpha value is -1.81. The molecule has 5 heteroatoms. The molecule has 0 aliphatic carbocycles. The molecule has 1 rings (SSSR count). The van der Waals surface area contributed by atoms with E-state index in [2.05, 4.69) is 5.32 Å². The van der Waals surface area contributed by atoms with Crippen LogP contribution in [0.3, 0.4) is 0 Å². The summed E-state index contributed by atoms with van der Waals surface area (Å²) < 4.78 is 0. The Morgan fingerprint density at radius 1 is 1.27 bits per heavy atom. The Morgan fingerprint density at radius 2 is 1.87 bits per heavy atom. The maximum absolute atomic E-state index is 11.3. The third kappa shape index (κ3) is 3.83. The van der Waals surface area contributed by atoms with Gasteiger partial charge in [0.25, 0.3) is 5.91 Å². The maximum atomic E-state index is 11.3. The van der Waals surface area contributed by atoms with Crippen LogP contribution in [0.4, 0.5) is 5.69 Å². The fourth-order valence-corrected chi connectivity index (χ4v) is 1.03. The Kier molecular flexibility index (Phi) is 3.88. The number of amides is 1. The molecule has 2 N–H and O–H groups in total. The molecule has 0 aliphatic heterocycles. The highest BCUT2D eigenvalue weighted by Crippen LogP contribution is 2.09. The number of benzene rings is 1. The SMILES string of the molecule is O=C(O)/C=C(/Cl)C(=O)Nc1ccccc1. The van der Waals surface area contributed by atoms with Crippen LogP contribution in [-0.2, 0) is 9.59 Å². The van der Waals surface area contributed by atoms with E-state index in [1.807, 2.05) is 0 Å². The van der Waals surface area contributed by atoms with Crippen LogP contribution in [0.25, 0.3) is 0 Å². The molecule has 78 valence electrons. The Balaban J connectivity index is 2.68. The van der Waals surface area contributed by atoms with Gasteiger partial charge in [0.05, 0.1) is 0 Å². The summed E-state index contributed by atoms with van der Waals surface area (Å²) in [5, 5.41) is 10.4. The monoisotopic (exact) mass is 225 g/mol. The van der Waals surface area contributed by atoms with Crippen molar-refractivity contribution in [2.45, 2.75) is 0 Å². The van der Waals surface area contributed by atoms with Crippen molar-refractivity contribution < 1.29 is 14.7 Å². The van der Waals surface area contributed by atoms with Gasteiger partial charge < -0.3 is 10.4 Å². The Morgan fingerprint density at radius 3 is 2.40 bits per heavy atom. The number of hydrogen-bond acceptors (Lipinski definition) is 2. The van der Waals surface area contributed by atoms with E-state index in [-0.39, 0.29) is 5.03 Å². The van der Waals surface area contributed by atoms with Crippen molar-refractivity contribution in [3.05, 3.63) is 41.4 Å². The molecule has 0 spiro atoms. The first-order valence-corrected chi connectivity index (χ1v) is 4.44. The van der Waals surface area contributed by atoms with Crippen molar-refractivity contribution in [2.75, 3.05) is 5.32 Å². The van der Waals surface area contributed by atoms with Crippen molar-refractivity contribution in [1.29, 1.82) is 0 Å². The predicted molar refractivity (Wildman–Crippen MR) is 56.6 cm³/mol. The summed E-state index contributed by atoms with van der Waals surface area (Å²) in [4.78, 5) is 21.5. The quantitative estimate of drug-likeness (QED) is 0.772. The number of carboxylic acid groups (broad SMARTS) is 1. The molecule has 1 aromatic rings. The van der Waals surface area contributed by atoms with Crippen LogP contribution >= 0.6 is 11.6 Å². The lowest BCUT2D eigenvalue weighted by Crippen LogP contribution is -2.12. The second kappa shape index (κ2) is 5.17. The van der Waals surface area contributed by atoms with Gasteiger partial charge in [0.15, 0.2) is 0 Å². The van der Waals surface area contributed by atoms with Crippen LogP contribution in [-0.4, -0.2) is 17.0 Å². The van der Waals surface area contributed by atoms with Gasteiger partial charge in [-0.05, 0) is 12.1 Å². The third-order valence-electron chi connectivity index (χ3n) is 1.50. The zero-order valence-electron chi connectivity index (χ0n) is 7.61. The highest BCUT2D eigenvalue weighted by atomic mass is 35.5. The lowest BCUT2D eigenvalue weighted by atomic mass is 10.3. The number of carbonyl (C=O) groups is 2. The first-order valence-electron chi connectivity index (χ1n) is 4.06. The van der Waals surface area contributed by atoms with Gasteiger partial charge in [-0.25, -0.2) is 4.79 Å². The van der Waals surface area contributed by atoms with Gasteiger partial charge in [-0.15, -0.1) is 0 Å². The molecule has 0 bridgehead atoms. The minimum Gasteiger partial charge on any atom is -0.478 e. The molecule has 0 saturated heterocycles. The number of anilines is 1. The summed E-state index contributed by atoms with van der Waals surface area (Å²) in [6, 6.07) is 8.62. The van der Waals surface area contributed by atoms with Crippen LogP contribution in [0.5, 0.6) is 0 Å². The van der Waals surface area contributed by atoms with Crippen molar-refractivity contribution in [3.8, 4) is 0 Å². The average Bonchev–Trinajstić information content (AvgIpc) is 2.18. The number of halogens is 1. The fraction of sp³-hybridized carbons (Fsp3) is 0. The van der Waals surface area contributed by atoms with E-state index in [4.69, 9.17) is 16.7 Å². The average molecular weight is 226 g/mol. The van der Waals surface area contributed by atoms with E-state index >= 15 is 0 Å². The van der Waals surface area contributed by atoms with Gasteiger partial charge in [-0.3, -0.25) is 4.79 Å². The predicted octanol–water partition coefficient (Wildman–Crippen LogP) is 1.83. The van der Waals surface area contributed by atoms with Crippen molar-refractivity contribution in [2.24, 2.45) is 0 Å². The van der Waals surface area contributed by atoms with Crippen LogP contribution in [0.15, 0.2) is 41.4 Å². The number of aliphatic carboxylic acids is 1. The lowest BCUT2D eigenvalue weighted by Gasteiger charge is -2.02. The van der Waals surface area contributed by atoms with Crippen molar-refractivity contribution >= 4 is 29.2 Å². The zero-order chi connectivity index (χ0) is 11.3. The zero-order valence-corrected chi connectivity index (χ0v) is 8.36. The lowest BCUT2D eigenvalue weighted by molar-refractivity contribution is -0.131. The van der Waals surface area contributed by atoms with Gasteiger partial charge in [-0.1, -0.05) is 29.8 Å². The summed E-state index contributed by atoms with van der Waals surface area (Å²) in [5.41, 5.74) is 0.555. The summed E-state index contributed by atoms with van der Waals surface area (Å²) in [6.45, 7) is 0.